The van der Waals surface area contributed by atoms with Crippen LogP contribution in [-0.4, -0.2) is 5.60 Å². The van der Waals surface area contributed by atoms with Crippen LogP contribution >= 0.6 is 0 Å². The van der Waals surface area contributed by atoms with Crippen LogP contribution in [0.15, 0.2) is 12.1 Å². The van der Waals surface area contributed by atoms with Crippen LogP contribution in [-0.2, 0) is 6.42 Å². The van der Waals surface area contributed by atoms with Crippen molar-refractivity contribution in [3.05, 3.63) is 29.1 Å². The molecule has 0 saturated heterocycles. The molecule has 0 saturated carbocycles. The summed E-state index contributed by atoms with van der Waals surface area (Å²) in [5, 5.41) is 8.78. The van der Waals surface area contributed by atoms with Gasteiger partial charge in [-0.2, -0.15) is 5.26 Å². The Balaban J connectivity index is 2.45. The topological polar surface area (TPSA) is 59.0 Å². The number of halogens is 1. The summed E-state index contributed by atoms with van der Waals surface area (Å²) < 4.78 is 19.3. The highest BCUT2D eigenvalue weighted by Gasteiger charge is 2.36. The van der Waals surface area contributed by atoms with Crippen molar-refractivity contribution in [2.24, 2.45) is 5.73 Å². The van der Waals surface area contributed by atoms with E-state index in [-0.39, 0.29) is 18.3 Å². The van der Waals surface area contributed by atoms with Crippen LogP contribution in [0.5, 0.6) is 5.75 Å². The maximum Gasteiger partial charge on any atom is 0.128 e. The normalized spacial score (nSPS) is 23.7. The van der Waals surface area contributed by atoms with Gasteiger partial charge in [0.15, 0.2) is 0 Å². The first-order valence-electron chi connectivity index (χ1n) is 5.59. The summed E-state index contributed by atoms with van der Waals surface area (Å²) in [5.41, 5.74) is 6.71. The molecule has 1 aromatic carbocycles. The van der Waals surface area contributed by atoms with Gasteiger partial charge in [0.1, 0.15) is 17.2 Å². The summed E-state index contributed by atoms with van der Waals surface area (Å²) in [6, 6.07) is 4.68. The number of nitrogens with zero attached hydrogens (tertiary/aromatic N) is 1. The maximum absolute atomic E-state index is 13.4. The molecule has 0 bridgehead atoms. The number of nitrogens with two attached hydrogens (primary N) is 1. The summed E-state index contributed by atoms with van der Waals surface area (Å²) in [6.45, 7) is 3.65. The van der Waals surface area contributed by atoms with Crippen LogP contribution in [0, 0.1) is 17.1 Å². The fraction of sp³-hybridized carbons (Fsp3) is 0.462. The molecule has 2 N–H and O–H groups in total. The zero-order chi connectivity index (χ0) is 12.6. The lowest BCUT2D eigenvalue weighted by Gasteiger charge is -2.21. The first-order chi connectivity index (χ1) is 7.95. The summed E-state index contributed by atoms with van der Waals surface area (Å²) in [7, 11) is 0. The Bertz CT molecular complexity index is 493. The van der Waals surface area contributed by atoms with Gasteiger partial charge in [0.05, 0.1) is 12.5 Å². The lowest BCUT2D eigenvalue weighted by Crippen LogP contribution is -2.29. The van der Waals surface area contributed by atoms with E-state index < -0.39 is 5.60 Å². The Morgan fingerprint density at radius 2 is 2.35 bits per heavy atom. The van der Waals surface area contributed by atoms with Crippen LogP contribution in [0.4, 0.5) is 4.39 Å². The van der Waals surface area contributed by atoms with Gasteiger partial charge < -0.3 is 10.5 Å². The van der Waals surface area contributed by atoms with E-state index >= 15 is 0 Å². The Morgan fingerprint density at radius 3 is 2.94 bits per heavy atom. The molecule has 2 rings (SSSR count). The standard InChI is InChI=1S/C13H15FN2O/c1-8(16)11-6-10(14)5-9-7-13(2,3-4-15)17-12(9)11/h5-6,8H,3,7,16H2,1-2H3/t8-,13-/m1/s1. The predicted molar refractivity (Wildman–Crippen MR) is 62.0 cm³/mol. The third-order valence-electron chi connectivity index (χ3n) is 3.02. The zero-order valence-corrected chi connectivity index (χ0v) is 9.96. The zero-order valence-electron chi connectivity index (χ0n) is 9.96. The fourth-order valence-electron chi connectivity index (χ4n) is 2.22. The lowest BCUT2D eigenvalue weighted by atomic mass is 9.95. The highest BCUT2D eigenvalue weighted by molar-refractivity contribution is 5.47. The Kier molecular flexibility index (Phi) is 2.80. The van der Waals surface area contributed by atoms with E-state index in [1.165, 1.54) is 12.1 Å². The van der Waals surface area contributed by atoms with Gasteiger partial charge in [-0.05, 0) is 26.0 Å². The molecule has 1 heterocycles. The number of hydrogen-bond acceptors (Lipinski definition) is 3. The molecule has 0 spiro atoms. The molecular formula is C13H15FN2O. The molecular weight excluding hydrogens is 219 g/mol. The quantitative estimate of drug-likeness (QED) is 0.855. The minimum Gasteiger partial charge on any atom is -0.486 e. The van der Waals surface area contributed by atoms with Crippen molar-refractivity contribution in [2.45, 2.75) is 38.3 Å². The fourth-order valence-corrected chi connectivity index (χ4v) is 2.22. The average molecular weight is 234 g/mol. The van der Waals surface area contributed by atoms with E-state index in [4.69, 9.17) is 15.7 Å². The van der Waals surface area contributed by atoms with Crippen LogP contribution < -0.4 is 10.5 Å². The van der Waals surface area contributed by atoms with Crippen molar-refractivity contribution in [1.82, 2.24) is 0 Å². The van der Waals surface area contributed by atoms with E-state index in [9.17, 15) is 4.39 Å². The summed E-state index contributed by atoms with van der Waals surface area (Å²) in [4.78, 5) is 0. The third kappa shape index (κ3) is 2.11. The first kappa shape index (κ1) is 11.9. The van der Waals surface area contributed by atoms with Crippen molar-refractivity contribution in [3.63, 3.8) is 0 Å². The highest BCUT2D eigenvalue weighted by Crippen LogP contribution is 2.41. The molecule has 2 atom stereocenters. The van der Waals surface area contributed by atoms with Gasteiger partial charge >= 0.3 is 0 Å². The van der Waals surface area contributed by atoms with Gasteiger partial charge in [0.2, 0.25) is 0 Å². The molecule has 17 heavy (non-hydrogen) atoms. The second-order valence-corrected chi connectivity index (χ2v) is 4.84. The molecule has 4 heteroatoms. The van der Waals surface area contributed by atoms with Crippen molar-refractivity contribution < 1.29 is 9.13 Å². The van der Waals surface area contributed by atoms with Gasteiger partial charge in [-0.25, -0.2) is 4.39 Å². The van der Waals surface area contributed by atoms with Crippen molar-refractivity contribution >= 4 is 0 Å². The first-order valence-corrected chi connectivity index (χ1v) is 5.59. The Hall–Kier alpha value is -1.60. The van der Waals surface area contributed by atoms with E-state index in [2.05, 4.69) is 6.07 Å². The highest BCUT2D eigenvalue weighted by atomic mass is 19.1. The van der Waals surface area contributed by atoms with Crippen molar-refractivity contribution in [1.29, 1.82) is 5.26 Å². The molecule has 0 fully saturated rings. The number of nitriles is 1. The lowest BCUT2D eigenvalue weighted by molar-refractivity contribution is 0.120. The van der Waals surface area contributed by atoms with E-state index in [0.29, 0.717) is 17.7 Å². The monoisotopic (exact) mass is 234 g/mol. The molecule has 0 unspecified atom stereocenters. The summed E-state index contributed by atoms with van der Waals surface area (Å²) >= 11 is 0. The molecule has 0 radical (unpaired) electrons. The molecule has 0 aromatic heterocycles. The van der Waals surface area contributed by atoms with Crippen molar-refractivity contribution in [2.75, 3.05) is 0 Å². The minimum absolute atomic E-state index is 0.279. The third-order valence-corrected chi connectivity index (χ3v) is 3.02. The molecule has 1 aliphatic heterocycles. The largest absolute Gasteiger partial charge is 0.486 e. The van der Waals surface area contributed by atoms with Crippen LogP contribution in [0.3, 0.4) is 0 Å². The number of ether oxygens (including phenoxy) is 1. The van der Waals surface area contributed by atoms with E-state index in [1.54, 1.807) is 6.92 Å². The average Bonchev–Trinajstić information content (AvgIpc) is 2.53. The minimum atomic E-state index is -0.561. The van der Waals surface area contributed by atoms with Gasteiger partial charge in [-0.1, -0.05) is 0 Å². The Morgan fingerprint density at radius 1 is 1.65 bits per heavy atom. The number of hydrogen-bond donors (Lipinski definition) is 1. The summed E-state index contributed by atoms with van der Waals surface area (Å²) in [5.74, 6) is 0.347. The smallest absolute Gasteiger partial charge is 0.128 e. The molecule has 0 aliphatic carbocycles. The number of rotatable bonds is 2. The Labute approximate surface area is 100.0 Å². The van der Waals surface area contributed by atoms with E-state index in [0.717, 1.165) is 5.56 Å². The van der Waals surface area contributed by atoms with Gasteiger partial charge in [-0.15, -0.1) is 0 Å². The molecule has 1 aromatic rings. The second kappa shape index (κ2) is 4.01. The second-order valence-electron chi connectivity index (χ2n) is 4.84. The SMILES string of the molecule is C[C@@H](N)c1cc(F)cc2c1O[C@](C)(CC#N)C2. The summed E-state index contributed by atoms with van der Waals surface area (Å²) in [6.07, 6.45) is 0.828. The van der Waals surface area contributed by atoms with Gasteiger partial charge in [0.25, 0.3) is 0 Å². The number of benzene rings is 1. The van der Waals surface area contributed by atoms with Crippen LogP contribution in [0.1, 0.15) is 37.4 Å². The van der Waals surface area contributed by atoms with Crippen LogP contribution in [0.25, 0.3) is 0 Å². The number of fused-ring (bicyclic) bond motifs is 1. The maximum atomic E-state index is 13.4. The molecule has 90 valence electrons. The van der Waals surface area contributed by atoms with Crippen molar-refractivity contribution in [3.8, 4) is 11.8 Å². The van der Waals surface area contributed by atoms with Gasteiger partial charge in [0, 0.05) is 23.6 Å². The van der Waals surface area contributed by atoms with Gasteiger partial charge in [-0.3, -0.25) is 0 Å². The van der Waals surface area contributed by atoms with Crippen LogP contribution in [0.2, 0.25) is 0 Å². The molecule has 0 amide bonds. The molecule has 3 nitrogen and oxygen atoms in total. The molecule has 1 aliphatic rings. The predicted octanol–water partition coefficient (Wildman–Crippen LogP) is 2.45. The van der Waals surface area contributed by atoms with E-state index in [1.807, 2.05) is 6.92 Å².